The number of thiophene rings is 1. The lowest BCUT2D eigenvalue weighted by molar-refractivity contribution is -0.126. The first kappa shape index (κ1) is 23.0. The molecule has 0 spiro atoms. The monoisotopic (exact) mass is 474 g/mol. The van der Waals surface area contributed by atoms with Gasteiger partial charge < -0.3 is 9.80 Å². The molecule has 1 fully saturated rings. The number of aryl methyl sites for hydroxylation is 1. The van der Waals surface area contributed by atoms with Gasteiger partial charge in [-0.05, 0) is 48.8 Å². The van der Waals surface area contributed by atoms with Gasteiger partial charge in [-0.2, -0.15) is 0 Å². The Bertz CT molecular complexity index is 1190. The van der Waals surface area contributed by atoms with E-state index in [4.69, 9.17) is 9.97 Å². The summed E-state index contributed by atoms with van der Waals surface area (Å²) in [6, 6.07) is 9.99. The molecule has 2 aliphatic rings. The Balaban J connectivity index is 1.39. The highest BCUT2D eigenvalue weighted by Gasteiger charge is 2.28. The Morgan fingerprint density at radius 1 is 1.18 bits per heavy atom. The number of carbonyl (C=O) groups is 1. The van der Waals surface area contributed by atoms with Crippen LogP contribution in [0.1, 0.15) is 61.4 Å². The molecule has 0 unspecified atom stereocenters. The molecule has 1 amide bonds. The van der Waals surface area contributed by atoms with Crippen molar-refractivity contribution in [3.63, 3.8) is 0 Å². The van der Waals surface area contributed by atoms with Crippen molar-refractivity contribution in [1.29, 1.82) is 0 Å². The van der Waals surface area contributed by atoms with E-state index in [1.807, 2.05) is 52.6 Å². The first-order valence-corrected chi connectivity index (χ1v) is 13.4. The van der Waals surface area contributed by atoms with Gasteiger partial charge in [0.1, 0.15) is 16.5 Å². The topological polar surface area (TPSA) is 49.3 Å². The van der Waals surface area contributed by atoms with Gasteiger partial charge in [0.2, 0.25) is 5.91 Å². The van der Waals surface area contributed by atoms with Crippen LogP contribution in [-0.4, -0.2) is 47.0 Å². The summed E-state index contributed by atoms with van der Waals surface area (Å²) in [6.07, 6.45) is 8.15. The fourth-order valence-electron chi connectivity index (χ4n) is 4.95. The van der Waals surface area contributed by atoms with E-state index < -0.39 is 0 Å². The molecule has 1 aliphatic carbocycles. The third-order valence-corrected chi connectivity index (χ3v) is 8.46. The van der Waals surface area contributed by atoms with E-state index >= 15 is 0 Å². The third kappa shape index (κ3) is 4.61. The lowest BCUT2D eigenvalue weighted by Gasteiger charge is -2.35. The number of anilines is 1. The highest BCUT2D eigenvalue weighted by molar-refractivity contribution is 7.19. The highest BCUT2D eigenvalue weighted by Crippen LogP contribution is 2.41. The van der Waals surface area contributed by atoms with Crippen LogP contribution in [0.15, 0.2) is 36.4 Å². The number of nitrogens with zero attached hydrogens (tertiary/aromatic N) is 4. The van der Waals surface area contributed by atoms with Crippen molar-refractivity contribution in [2.45, 2.75) is 52.4 Å². The lowest BCUT2D eigenvalue weighted by Crippen LogP contribution is -2.48. The van der Waals surface area contributed by atoms with Gasteiger partial charge in [0.15, 0.2) is 0 Å². The number of piperazine rings is 1. The van der Waals surface area contributed by atoms with Crippen molar-refractivity contribution in [1.82, 2.24) is 14.9 Å². The normalized spacial score (nSPS) is 19.6. The van der Waals surface area contributed by atoms with E-state index in [1.165, 1.54) is 22.2 Å². The fraction of sp³-hybridized carbons (Fsp3) is 0.464. The molecule has 0 radical (unpaired) electrons. The molecule has 2 atom stereocenters. The number of hydrogen-bond donors (Lipinski definition) is 0. The maximum Gasteiger partial charge on any atom is 0.246 e. The van der Waals surface area contributed by atoms with Crippen molar-refractivity contribution in [3.8, 4) is 0 Å². The molecule has 6 heteroatoms. The Morgan fingerprint density at radius 2 is 1.94 bits per heavy atom. The van der Waals surface area contributed by atoms with Gasteiger partial charge in [0, 0.05) is 43.1 Å². The van der Waals surface area contributed by atoms with E-state index in [0.717, 1.165) is 60.3 Å². The average molecular weight is 475 g/mol. The zero-order valence-corrected chi connectivity index (χ0v) is 21.3. The maximum absolute atomic E-state index is 12.8. The van der Waals surface area contributed by atoms with Crippen LogP contribution in [0.25, 0.3) is 16.3 Å². The van der Waals surface area contributed by atoms with Crippen LogP contribution in [-0.2, 0) is 17.6 Å². The maximum atomic E-state index is 12.8. The van der Waals surface area contributed by atoms with Crippen molar-refractivity contribution in [3.05, 3.63) is 58.2 Å². The highest BCUT2D eigenvalue weighted by atomic mass is 32.1. The largest absolute Gasteiger partial charge is 0.352 e. The van der Waals surface area contributed by atoms with Gasteiger partial charge >= 0.3 is 0 Å². The fourth-order valence-corrected chi connectivity index (χ4v) is 6.33. The molecule has 0 bridgehead atoms. The summed E-state index contributed by atoms with van der Waals surface area (Å²) in [5.74, 6) is 3.22. The van der Waals surface area contributed by atoms with Gasteiger partial charge in [-0.25, -0.2) is 9.97 Å². The minimum Gasteiger partial charge on any atom is -0.352 e. The number of aromatic nitrogens is 2. The van der Waals surface area contributed by atoms with Crippen LogP contribution in [0.2, 0.25) is 0 Å². The number of benzene rings is 1. The second-order valence-corrected chi connectivity index (χ2v) is 10.9. The predicted octanol–water partition coefficient (Wildman–Crippen LogP) is 5.69. The number of rotatable bonds is 5. The number of fused-ring (bicyclic) bond motifs is 3. The van der Waals surface area contributed by atoms with E-state index in [-0.39, 0.29) is 5.91 Å². The van der Waals surface area contributed by atoms with E-state index in [1.54, 1.807) is 6.08 Å². The average Bonchev–Trinajstić information content (AvgIpc) is 3.24. The van der Waals surface area contributed by atoms with Crippen LogP contribution in [0.4, 0.5) is 5.82 Å². The zero-order valence-electron chi connectivity index (χ0n) is 20.5. The van der Waals surface area contributed by atoms with Gasteiger partial charge in [-0.1, -0.05) is 51.1 Å². The van der Waals surface area contributed by atoms with E-state index in [9.17, 15) is 4.79 Å². The minimum absolute atomic E-state index is 0.0820. The molecule has 0 N–H and O–H groups in total. The lowest BCUT2D eigenvalue weighted by atomic mass is 9.89. The third-order valence-electron chi connectivity index (χ3n) is 7.32. The molecule has 1 aliphatic heterocycles. The van der Waals surface area contributed by atoms with Crippen molar-refractivity contribution >= 4 is 39.4 Å². The standard InChI is InChI=1S/C28H34N4OS/c1-4-20(3)26-29-27(25-22-12-10-19(2)18-23(22)34-28(25)30-26)32-16-14-31(15-17-32)24(33)13-11-21-8-6-5-7-9-21/h5-9,11,13,19-20H,4,10,12,14-18H2,1-3H3/b13-11+/t19-,20+/m0/s1. The summed E-state index contributed by atoms with van der Waals surface area (Å²) in [4.78, 5) is 30.0. The minimum atomic E-state index is 0.0820. The molecular weight excluding hydrogens is 440 g/mol. The molecule has 5 nitrogen and oxygen atoms in total. The molecular formula is C28H34N4OS. The van der Waals surface area contributed by atoms with Crippen LogP contribution in [0.3, 0.4) is 0 Å². The van der Waals surface area contributed by atoms with Crippen molar-refractivity contribution in [2.75, 3.05) is 31.1 Å². The Morgan fingerprint density at radius 3 is 2.68 bits per heavy atom. The van der Waals surface area contributed by atoms with Gasteiger partial charge in [0.05, 0.1) is 5.39 Å². The van der Waals surface area contributed by atoms with Crippen molar-refractivity contribution < 1.29 is 4.79 Å². The smallest absolute Gasteiger partial charge is 0.246 e. The Hall–Kier alpha value is -2.73. The first-order chi connectivity index (χ1) is 16.5. The van der Waals surface area contributed by atoms with Crippen LogP contribution in [0, 0.1) is 5.92 Å². The first-order valence-electron chi connectivity index (χ1n) is 12.6. The molecule has 1 saturated heterocycles. The number of hydrogen-bond acceptors (Lipinski definition) is 5. The quantitative estimate of drug-likeness (QED) is 0.446. The van der Waals surface area contributed by atoms with Crippen LogP contribution in [0.5, 0.6) is 0 Å². The zero-order chi connectivity index (χ0) is 23.7. The molecule has 2 aromatic heterocycles. The van der Waals surface area contributed by atoms with Gasteiger partial charge in [0.25, 0.3) is 0 Å². The summed E-state index contributed by atoms with van der Waals surface area (Å²) in [5.41, 5.74) is 2.53. The number of amides is 1. The molecule has 3 heterocycles. The predicted molar refractivity (Wildman–Crippen MR) is 142 cm³/mol. The summed E-state index contributed by atoms with van der Waals surface area (Å²) < 4.78 is 0. The van der Waals surface area contributed by atoms with Crippen molar-refractivity contribution in [2.24, 2.45) is 5.92 Å². The second kappa shape index (κ2) is 9.87. The van der Waals surface area contributed by atoms with Crippen LogP contribution >= 0.6 is 11.3 Å². The van der Waals surface area contributed by atoms with Crippen LogP contribution < -0.4 is 4.90 Å². The van der Waals surface area contributed by atoms with Gasteiger partial charge in [-0.15, -0.1) is 11.3 Å². The summed E-state index contributed by atoms with van der Waals surface area (Å²) in [5, 5.41) is 1.28. The summed E-state index contributed by atoms with van der Waals surface area (Å²) in [6.45, 7) is 9.81. The van der Waals surface area contributed by atoms with E-state index in [0.29, 0.717) is 19.0 Å². The van der Waals surface area contributed by atoms with Gasteiger partial charge in [-0.3, -0.25) is 4.79 Å². The van der Waals surface area contributed by atoms with E-state index in [2.05, 4.69) is 25.7 Å². The SMILES string of the molecule is CC[C@@H](C)c1nc(N2CCN(C(=O)/C=C/c3ccccc3)CC2)c2c3c(sc2n1)C[C@@H](C)CC3. The molecule has 1 aromatic carbocycles. The second-order valence-electron chi connectivity index (χ2n) is 9.80. The Kier molecular flexibility index (Phi) is 6.68. The molecule has 5 rings (SSSR count). The molecule has 34 heavy (non-hydrogen) atoms. The molecule has 178 valence electrons. The molecule has 3 aromatic rings. The summed E-state index contributed by atoms with van der Waals surface area (Å²) in [7, 11) is 0. The summed E-state index contributed by atoms with van der Waals surface area (Å²) >= 11 is 1.88. The Labute approximate surface area is 206 Å². The number of carbonyl (C=O) groups excluding carboxylic acids is 1. The molecule has 0 saturated carbocycles.